The second-order valence-electron chi connectivity index (χ2n) is 5.06. The Morgan fingerprint density at radius 1 is 1.21 bits per heavy atom. The molecule has 0 aliphatic heterocycles. The van der Waals surface area contributed by atoms with Crippen LogP contribution in [0, 0.1) is 5.92 Å². The zero-order valence-electron chi connectivity index (χ0n) is 11.5. The highest BCUT2D eigenvalue weighted by Gasteiger charge is 2.24. The van der Waals surface area contributed by atoms with Crippen molar-refractivity contribution in [1.29, 1.82) is 0 Å². The van der Waals surface area contributed by atoms with Crippen LogP contribution in [-0.2, 0) is 4.74 Å². The fourth-order valence-electron chi connectivity index (χ4n) is 2.42. The molecule has 4 heteroatoms. The Kier molecular flexibility index (Phi) is 4.66. The number of nitrogens with one attached hydrogen (secondary N) is 1. The first-order chi connectivity index (χ1) is 9.19. The molecular weight excluding hydrogens is 242 g/mol. The van der Waals surface area contributed by atoms with E-state index in [1.54, 1.807) is 31.4 Å². The molecule has 1 aromatic rings. The lowest BCUT2D eigenvalue weighted by molar-refractivity contribution is 0.0524. The van der Waals surface area contributed by atoms with Crippen molar-refractivity contribution in [2.45, 2.75) is 38.7 Å². The van der Waals surface area contributed by atoms with Gasteiger partial charge in [-0.15, -0.1) is 0 Å². The third-order valence-electron chi connectivity index (χ3n) is 3.63. The van der Waals surface area contributed by atoms with E-state index in [-0.39, 0.29) is 12.2 Å². The largest absolute Gasteiger partial charge is 0.497 e. The van der Waals surface area contributed by atoms with Gasteiger partial charge >= 0.3 is 6.09 Å². The predicted octanol–water partition coefficient (Wildman–Crippen LogP) is 3.82. The molecule has 0 saturated heterocycles. The minimum atomic E-state index is -0.371. The van der Waals surface area contributed by atoms with Crippen LogP contribution >= 0.6 is 0 Å². The molecule has 1 amide bonds. The van der Waals surface area contributed by atoms with Crippen molar-refractivity contribution < 1.29 is 14.3 Å². The van der Waals surface area contributed by atoms with Gasteiger partial charge in [-0.25, -0.2) is 4.79 Å². The molecule has 0 radical (unpaired) electrons. The minimum Gasteiger partial charge on any atom is -0.497 e. The first-order valence-electron chi connectivity index (χ1n) is 6.80. The Balaban J connectivity index is 1.86. The summed E-state index contributed by atoms with van der Waals surface area (Å²) in [7, 11) is 1.61. The van der Waals surface area contributed by atoms with Crippen LogP contribution in [0.5, 0.6) is 5.75 Å². The second kappa shape index (κ2) is 6.45. The molecule has 1 aliphatic rings. The fourth-order valence-corrected chi connectivity index (χ4v) is 2.42. The average molecular weight is 263 g/mol. The maximum atomic E-state index is 11.8. The van der Waals surface area contributed by atoms with Crippen molar-refractivity contribution in [2.24, 2.45) is 5.92 Å². The van der Waals surface area contributed by atoms with Crippen LogP contribution < -0.4 is 10.1 Å². The van der Waals surface area contributed by atoms with Crippen molar-refractivity contribution in [3.8, 4) is 5.75 Å². The van der Waals surface area contributed by atoms with Gasteiger partial charge in [0.1, 0.15) is 11.9 Å². The summed E-state index contributed by atoms with van der Waals surface area (Å²) in [5.74, 6) is 1.22. The number of methoxy groups -OCH3 is 1. The smallest absolute Gasteiger partial charge is 0.411 e. The van der Waals surface area contributed by atoms with Crippen LogP contribution in [0.4, 0.5) is 10.5 Å². The van der Waals surface area contributed by atoms with Gasteiger partial charge in [-0.3, -0.25) is 5.32 Å². The topological polar surface area (TPSA) is 47.6 Å². The second-order valence-corrected chi connectivity index (χ2v) is 5.06. The van der Waals surface area contributed by atoms with Crippen LogP contribution in [0.1, 0.15) is 32.6 Å². The molecule has 2 unspecified atom stereocenters. The van der Waals surface area contributed by atoms with E-state index >= 15 is 0 Å². The summed E-state index contributed by atoms with van der Waals surface area (Å²) < 4.78 is 10.5. The van der Waals surface area contributed by atoms with Gasteiger partial charge in [0.25, 0.3) is 0 Å². The Morgan fingerprint density at radius 2 is 1.89 bits per heavy atom. The number of hydrogen-bond acceptors (Lipinski definition) is 3. The molecule has 1 fully saturated rings. The Bertz CT molecular complexity index is 416. The summed E-state index contributed by atoms with van der Waals surface area (Å²) in [4.78, 5) is 11.8. The first kappa shape index (κ1) is 13.7. The molecule has 0 spiro atoms. The maximum absolute atomic E-state index is 11.8. The normalized spacial score (nSPS) is 22.6. The van der Waals surface area contributed by atoms with E-state index in [9.17, 15) is 4.79 Å². The van der Waals surface area contributed by atoms with Crippen molar-refractivity contribution >= 4 is 11.8 Å². The van der Waals surface area contributed by atoms with Crippen molar-refractivity contribution in [1.82, 2.24) is 0 Å². The number of benzene rings is 1. The lowest BCUT2D eigenvalue weighted by atomic mass is 9.88. The number of carbonyl (C=O) groups excluding carboxylic acids is 1. The highest BCUT2D eigenvalue weighted by Crippen LogP contribution is 2.26. The molecule has 4 nitrogen and oxygen atoms in total. The third kappa shape index (κ3) is 3.88. The molecule has 1 saturated carbocycles. The maximum Gasteiger partial charge on any atom is 0.411 e. The zero-order valence-corrected chi connectivity index (χ0v) is 11.5. The third-order valence-corrected chi connectivity index (χ3v) is 3.63. The molecule has 2 atom stereocenters. The SMILES string of the molecule is COc1ccc(NC(=O)OC2CCCCC2C)cc1. The van der Waals surface area contributed by atoms with E-state index in [2.05, 4.69) is 12.2 Å². The summed E-state index contributed by atoms with van der Waals surface area (Å²) in [5, 5.41) is 2.74. The Morgan fingerprint density at radius 3 is 2.53 bits per heavy atom. The number of rotatable bonds is 3. The van der Waals surface area contributed by atoms with Gasteiger partial charge in [0.15, 0.2) is 0 Å². The van der Waals surface area contributed by atoms with Gasteiger partial charge in [-0.1, -0.05) is 13.3 Å². The van der Waals surface area contributed by atoms with E-state index < -0.39 is 0 Å². The van der Waals surface area contributed by atoms with E-state index in [1.807, 2.05) is 0 Å². The minimum absolute atomic E-state index is 0.0481. The van der Waals surface area contributed by atoms with Gasteiger partial charge in [0.05, 0.1) is 7.11 Å². The molecule has 2 rings (SSSR count). The van der Waals surface area contributed by atoms with Gasteiger partial charge in [0, 0.05) is 5.69 Å². The number of hydrogen-bond donors (Lipinski definition) is 1. The Hall–Kier alpha value is -1.71. The van der Waals surface area contributed by atoms with Crippen molar-refractivity contribution in [2.75, 3.05) is 12.4 Å². The fraction of sp³-hybridized carbons (Fsp3) is 0.533. The Labute approximate surface area is 114 Å². The summed E-state index contributed by atoms with van der Waals surface area (Å²) in [5.41, 5.74) is 0.717. The highest BCUT2D eigenvalue weighted by atomic mass is 16.6. The van der Waals surface area contributed by atoms with Gasteiger partial charge in [-0.05, 0) is 49.4 Å². The lowest BCUT2D eigenvalue weighted by Gasteiger charge is -2.28. The molecule has 0 aromatic heterocycles. The van der Waals surface area contributed by atoms with Crippen LogP contribution in [-0.4, -0.2) is 19.3 Å². The zero-order chi connectivity index (χ0) is 13.7. The number of amides is 1. The van der Waals surface area contributed by atoms with E-state index in [0.717, 1.165) is 25.0 Å². The van der Waals surface area contributed by atoms with Gasteiger partial charge in [-0.2, -0.15) is 0 Å². The molecule has 1 aromatic carbocycles. The molecular formula is C15H21NO3. The van der Waals surface area contributed by atoms with Gasteiger partial charge in [0.2, 0.25) is 0 Å². The molecule has 1 aliphatic carbocycles. The van der Waals surface area contributed by atoms with Crippen molar-refractivity contribution in [3.63, 3.8) is 0 Å². The quantitative estimate of drug-likeness (QED) is 0.901. The monoisotopic (exact) mass is 263 g/mol. The van der Waals surface area contributed by atoms with E-state index in [0.29, 0.717) is 11.6 Å². The van der Waals surface area contributed by atoms with E-state index in [4.69, 9.17) is 9.47 Å². The molecule has 19 heavy (non-hydrogen) atoms. The van der Waals surface area contributed by atoms with E-state index in [1.165, 1.54) is 6.42 Å². The highest BCUT2D eigenvalue weighted by molar-refractivity contribution is 5.84. The predicted molar refractivity (Wildman–Crippen MR) is 74.5 cm³/mol. The number of carbonyl (C=O) groups is 1. The summed E-state index contributed by atoms with van der Waals surface area (Å²) in [6, 6.07) is 7.20. The van der Waals surface area contributed by atoms with Crippen LogP contribution in [0.25, 0.3) is 0 Å². The standard InChI is InChI=1S/C15H21NO3/c1-11-5-3-4-6-14(11)19-15(17)16-12-7-9-13(18-2)10-8-12/h7-11,14H,3-6H2,1-2H3,(H,16,17). The lowest BCUT2D eigenvalue weighted by Crippen LogP contribution is -2.30. The van der Waals surface area contributed by atoms with Crippen LogP contribution in [0.3, 0.4) is 0 Å². The first-order valence-corrected chi connectivity index (χ1v) is 6.80. The number of ether oxygens (including phenoxy) is 2. The molecule has 0 bridgehead atoms. The molecule has 1 N–H and O–H groups in total. The van der Waals surface area contributed by atoms with Crippen molar-refractivity contribution in [3.05, 3.63) is 24.3 Å². The summed E-state index contributed by atoms with van der Waals surface area (Å²) >= 11 is 0. The summed E-state index contributed by atoms with van der Waals surface area (Å²) in [6.45, 7) is 2.14. The average Bonchev–Trinajstić information content (AvgIpc) is 2.42. The molecule has 0 heterocycles. The van der Waals surface area contributed by atoms with Crippen LogP contribution in [0.15, 0.2) is 24.3 Å². The van der Waals surface area contributed by atoms with Crippen LogP contribution in [0.2, 0.25) is 0 Å². The van der Waals surface area contributed by atoms with Gasteiger partial charge < -0.3 is 9.47 Å². The number of anilines is 1. The molecule has 104 valence electrons. The summed E-state index contributed by atoms with van der Waals surface area (Å²) in [6.07, 6.45) is 4.17.